The van der Waals surface area contributed by atoms with Crippen LogP contribution in [0.3, 0.4) is 0 Å². The lowest BCUT2D eigenvalue weighted by Gasteiger charge is -2.01. The molecule has 66 valence electrons. The Balaban J connectivity index is 2.53. The highest BCUT2D eigenvalue weighted by molar-refractivity contribution is 5.62. The monoisotopic (exact) mass is 176 g/mol. The second kappa shape index (κ2) is 3.01. The Morgan fingerprint density at radius 2 is 2.23 bits per heavy atom. The first-order valence-electron chi connectivity index (χ1n) is 4.02. The van der Waals surface area contributed by atoms with E-state index in [1.165, 1.54) is 12.1 Å². The molecule has 0 bridgehead atoms. The van der Waals surface area contributed by atoms with Gasteiger partial charge in [-0.05, 0) is 30.7 Å². The van der Waals surface area contributed by atoms with E-state index in [-0.39, 0.29) is 5.82 Å². The van der Waals surface area contributed by atoms with Crippen molar-refractivity contribution in [2.75, 3.05) is 0 Å². The molecule has 0 atom stereocenters. The third kappa shape index (κ3) is 1.45. The van der Waals surface area contributed by atoms with Gasteiger partial charge in [-0.15, -0.1) is 0 Å². The van der Waals surface area contributed by atoms with Gasteiger partial charge in [0.15, 0.2) is 0 Å². The Kier molecular flexibility index (Phi) is 1.85. The molecule has 1 heterocycles. The van der Waals surface area contributed by atoms with E-state index in [1.54, 1.807) is 18.6 Å². The maximum absolute atomic E-state index is 12.8. The third-order valence-corrected chi connectivity index (χ3v) is 1.98. The summed E-state index contributed by atoms with van der Waals surface area (Å²) in [7, 11) is 0. The summed E-state index contributed by atoms with van der Waals surface area (Å²) in [5.41, 5.74) is 2.81. The molecule has 0 radical (unpaired) electrons. The molecule has 2 nitrogen and oxygen atoms in total. The van der Waals surface area contributed by atoms with Crippen LogP contribution in [0.15, 0.2) is 30.7 Å². The second-order valence-corrected chi connectivity index (χ2v) is 2.92. The molecular formula is C10H9FN2. The van der Waals surface area contributed by atoms with E-state index in [0.717, 1.165) is 16.8 Å². The largest absolute Gasteiger partial charge is 0.345 e. The normalized spacial score (nSPS) is 10.3. The summed E-state index contributed by atoms with van der Waals surface area (Å²) in [4.78, 5) is 6.89. The highest BCUT2D eigenvalue weighted by atomic mass is 19.1. The fourth-order valence-electron chi connectivity index (χ4n) is 1.33. The van der Waals surface area contributed by atoms with Crippen LogP contribution in [-0.4, -0.2) is 9.97 Å². The summed E-state index contributed by atoms with van der Waals surface area (Å²) in [5, 5.41) is 0. The van der Waals surface area contributed by atoms with E-state index in [0.29, 0.717) is 0 Å². The zero-order valence-electron chi connectivity index (χ0n) is 7.21. The molecule has 0 saturated heterocycles. The van der Waals surface area contributed by atoms with E-state index in [9.17, 15) is 4.39 Å². The first kappa shape index (κ1) is 7.98. The van der Waals surface area contributed by atoms with Crippen molar-refractivity contribution in [1.82, 2.24) is 9.97 Å². The predicted molar refractivity (Wildman–Crippen MR) is 48.7 cm³/mol. The summed E-state index contributed by atoms with van der Waals surface area (Å²) >= 11 is 0. The Bertz CT molecular complexity index is 407. The molecule has 1 aromatic heterocycles. The van der Waals surface area contributed by atoms with E-state index in [4.69, 9.17) is 0 Å². The number of imidazole rings is 1. The lowest BCUT2D eigenvalue weighted by atomic mass is 10.1. The van der Waals surface area contributed by atoms with Crippen LogP contribution in [0.1, 0.15) is 5.56 Å². The highest BCUT2D eigenvalue weighted by Gasteiger charge is 2.02. The van der Waals surface area contributed by atoms with Crippen LogP contribution in [0, 0.1) is 12.7 Å². The van der Waals surface area contributed by atoms with Crippen LogP contribution in [0.25, 0.3) is 11.3 Å². The predicted octanol–water partition coefficient (Wildman–Crippen LogP) is 2.52. The van der Waals surface area contributed by atoms with Crippen LogP contribution in [0.2, 0.25) is 0 Å². The van der Waals surface area contributed by atoms with Gasteiger partial charge in [0, 0.05) is 5.56 Å². The molecule has 0 aliphatic heterocycles. The fraction of sp³-hybridized carbons (Fsp3) is 0.100. The van der Waals surface area contributed by atoms with Gasteiger partial charge in [-0.2, -0.15) is 0 Å². The third-order valence-electron chi connectivity index (χ3n) is 1.98. The first-order chi connectivity index (χ1) is 6.27. The van der Waals surface area contributed by atoms with Crippen molar-refractivity contribution in [3.8, 4) is 11.3 Å². The molecule has 1 aromatic carbocycles. The number of nitrogens with one attached hydrogen (secondary N) is 1. The molecular weight excluding hydrogens is 167 g/mol. The number of hydrogen-bond acceptors (Lipinski definition) is 1. The van der Waals surface area contributed by atoms with E-state index in [1.807, 2.05) is 6.92 Å². The number of rotatable bonds is 1. The van der Waals surface area contributed by atoms with Crippen LogP contribution < -0.4 is 0 Å². The van der Waals surface area contributed by atoms with Crippen LogP contribution in [0.4, 0.5) is 4.39 Å². The van der Waals surface area contributed by atoms with Gasteiger partial charge in [0.25, 0.3) is 0 Å². The lowest BCUT2D eigenvalue weighted by molar-refractivity contribution is 0.627. The Labute approximate surface area is 75.4 Å². The maximum Gasteiger partial charge on any atom is 0.123 e. The first-order valence-corrected chi connectivity index (χ1v) is 4.02. The number of hydrogen-bond donors (Lipinski definition) is 1. The van der Waals surface area contributed by atoms with Crippen molar-refractivity contribution in [3.05, 3.63) is 42.1 Å². The van der Waals surface area contributed by atoms with Crippen LogP contribution in [0.5, 0.6) is 0 Å². The molecule has 0 aliphatic rings. The average Bonchev–Trinajstić information content (AvgIpc) is 2.56. The van der Waals surface area contributed by atoms with Crippen molar-refractivity contribution in [2.45, 2.75) is 6.92 Å². The van der Waals surface area contributed by atoms with E-state index >= 15 is 0 Å². The molecule has 0 saturated carbocycles. The van der Waals surface area contributed by atoms with Gasteiger partial charge in [0.2, 0.25) is 0 Å². The van der Waals surface area contributed by atoms with Crippen LogP contribution >= 0.6 is 0 Å². The molecule has 0 spiro atoms. The zero-order chi connectivity index (χ0) is 9.26. The number of nitrogens with zero attached hydrogens (tertiary/aromatic N) is 1. The molecule has 0 unspecified atom stereocenters. The van der Waals surface area contributed by atoms with E-state index < -0.39 is 0 Å². The number of benzene rings is 1. The standard InChI is InChI=1S/C10H9FN2/c1-7-4-8(11)2-3-9(7)10-5-12-6-13-10/h2-6H,1H3,(H,12,13). The smallest absolute Gasteiger partial charge is 0.123 e. The van der Waals surface area contributed by atoms with Gasteiger partial charge in [0.05, 0.1) is 18.2 Å². The molecule has 13 heavy (non-hydrogen) atoms. The summed E-state index contributed by atoms with van der Waals surface area (Å²) in [5.74, 6) is -0.208. The molecule has 0 fully saturated rings. The van der Waals surface area contributed by atoms with Crippen molar-refractivity contribution < 1.29 is 4.39 Å². The average molecular weight is 176 g/mol. The van der Waals surface area contributed by atoms with Crippen molar-refractivity contribution in [3.63, 3.8) is 0 Å². The minimum Gasteiger partial charge on any atom is -0.345 e. The summed E-state index contributed by atoms with van der Waals surface area (Å²) in [6.45, 7) is 1.87. The molecule has 2 aromatic rings. The number of aryl methyl sites for hydroxylation is 1. The number of aromatic nitrogens is 2. The Morgan fingerprint density at radius 3 is 2.85 bits per heavy atom. The number of aromatic amines is 1. The van der Waals surface area contributed by atoms with Crippen molar-refractivity contribution >= 4 is 0 Å². The highest BCUT2D eigenvalue weighted by Crippen LogP contribution is 2.20. The fourth-order valence-corrected chi connectivity index (χ4v) is 1.33. The Morgan fingerprint density at radius 1 is 1.38 bits per heavy atom. The van der Waals surface area contributed by atoms with Gasteiger partial charge in [-0.25, -0.2) is 9.37 Å². The number of H-pyrrole nitrogens is 1. The second-order valence-electron chi connectivity index (χ2n) is 2.92. The zero-order valence-corrected chi connectivity index (χ0v) is 7.21. The summed E-state index contributed by atoms with van der Waals surface area (Å²) < 4.78 is 12.8. The van der Waals surface area contributed by atoms with Gasteiger partial charge in [0.1, 0.15) is 5.82 Å². The summed E-state index contributed by atoms with van der Waals surface area (Å²) in [6.07, 6.45) is 3.33. The molecule has 3 heteroatoms. The number of halogens is 1. The topological polar surface area (TPSA) is 28.7 Å². The molecule has 2 rings (SSSR count). The molecule has 0 aliphatic carbocycles. The van der Waals surface area contributed by atoms with Gasteiger partial charge in [-0.3, -0.25) is 0 Å². The van der Waals surface area contributed by atoms with Crippen molar-refractivity contribution in [1.29, 1.82) is 0 Å². The minimum absolute atomic E-state index is 0.208. The van der Waals surface area contributed by atoms with E-state index in [2.05, 4.69) is 9.97 Å². The van der Waals surface area contributed by atoms with Crippen LogP contribution in [-0.2, 0) is 0 Å². The van der Waals surface area contributed by atoms with Gasteiger partial charge in [-0.1, -0.05) is 0 Å². The lowest BCUT2D eigenvalue weighted by Crippen LogP contribution is -1.84. The quantitative estimate of drug-likeness (QED) is 0.710. The van der Waals surface area contributed by atoms with Gasteiger partial charge >= 0.3 is 0 Å². The minimum atomic E-state index is -0.208. The maximum atomic E-state index is 12.8. The molecule has 1 N–H and O–H groups in total. The summed E-state index contributed by atoms with van der Waals surface area (Å²) in [6, 6.07) is 4.71. The SMILES string of the molecule is Cc1cc(F)ccc1-c1cnc[nH]1. The Hall–Kier alpha value is -1.64. The van der Waals surface area contributed by atoms with Crippen molar-refractivity contribution in [2.24, 2.45) is 0 Å². The molecule has 0 amide bonds. The van der Waals surface area contributed by atoms with Gasteiger partial charge < -0.3 is 4.98 Å².